The lowest BCUT2D eigenvalue weighted by Gasteiger charge is -2.27. The van der Waals surface area contributed by atoms with Crippen LogP contribution in [0.5, 0.6) is 23.0 Å². The van der Waals surface area contributed by atoms with E-state index in [-0.39, 0.29) is 18.0 Å². The first-order valence-corrected chi connectivity index (χ1v) is 6.85. The monoisotopic (exact) mass is 300 g/mol. The van der Waals surface area contributed by atoms with E-state index in [0.717, 1.165) is 5.56 Å². The van der Waals surface area contributed by atoms with Crippen LogP contribution in [0, 0.1) is 0 Å². The largest absolute Gasteiger partial charge is 0.508 e. The summed E-state index contributed by atoms with van der Waals surface area (Å²) in [7, 11) is 3.11. The molecule has 0 saturated carbocycles. The second kappa shape index (κ2) is 5.60. The van der Waals surface area contributed by atoms with Crippen LogP contribution in [0.15, 0.2) is 36.4 Å². The third kappa shape index (κ3) is 2.45. The standard InChI is InChI=1S/C17H16O5/c1-20-12-7-15(21-2)13-9-14(19)17(22-16(13)8-12)10-3-5-11(18)6-4-10/h3-8,17-18H,9H2,1-2H3. The Bertz CT molecular complexity index is 706. The van der Waals surface area contributed by atoms with Gasteiger partial charge in [-0.15, -0.1) is 0 Å². The molecule has 1 aliphatic rings. The van der Waals surface area contributed by atoms with Gasteiger partial charge in [0.1, 0.15) is 23.0 Å². The number of aromatic hydroxyl groups is 1. The molecule has 2 aromatic rings. The zero-order chi connectivity index (χ0) is 15.7. The Morgan fingerprint density at radius 1 is 1.14 bits per heavy atom. The minimum Gasteiger partial charge on any atom is -0.508 e. The Balaban J connectivity index is 2.00. The summed E-state index contributed by atoms with van der Waals surface area (Å²) in [6.07, 6.45) is -0.460. The normalized spacial score (nSPS) is 16.6. The first-order valence-electron chi connectivity index (χ1n) is 6.85. The van der Waals surface area contributed by atoms with E-state index in [1.54, 1.807) is 38.5 Å². The number of hydrogen-bond acceptors (Lipinski definition) is 5. The minimum atomic E-state index is -0.690. The molecule has 0 saturated heterocycles. The number of carbonyl (C=O) groups excluding carboxylic acids is 1. The fraction of sp³-hybridized carbons (Fsp3) is 0.235. The van der Waals surface area contributed by atoms with Crippen LogP contribution in [-0.2, 0) is 11.2 Å². The molecule has 5 nitrogen and oxygen atoms in total. The van der Waals surface area contributed by atoms with Crippen molar-refractivity contribution in [2.75, 3.05) is 14.2 Å². The van der Waals surface area contributed by atoms with Crippen LogP contribution in [0.25, 0.3) is 0 Å². The zero-order valence-electron chi connectivity index (χ0n) is 12.3. The number of carbonyl (C=O) groups is 1. The molecule has 1 heterocycles. The van der Waals surface area contributed by atoms with Gasteiger partial charge >= 0.3 is 0 Å². The predicted octanol–water partition coefficient (Wildman–Crippen LogP) is 2.65. The molecule has 1 N–H and O–H groups in total. The maximum atomic E-state index is 12.4. The molecule has 0 radical (unpaired) electrons. The van der Waals surface area contributed by atoms with E-state index < -0.39 is 6.10 Å². The number of fused-ring (bicyclic) bond motifs is 1. The summed E-state index contributed by atoms with van der Waals surface area (Å²) in [5, 5.41) is 9.36. The van der Waals surface area contributed by atoms with Gasteiger partial charge in [-0.3, -0.25) is 4.79 Å². The first-order chi connectivity index (χ1) is 10.6. The number of rotatable bonds is 3. The Morgan fingerprint density at radius 2 is 1.86 bits per heavy atom. The van der Waals surface area contributed by atoms with Gasteiger partial charge in [0.15, 0.2) is 11.9 Å². The maximum Gasteiger partial charge on any atom is 0.182 e. The average molecular weight is 300 g/mol. The number of methoxy groups -OCH3 is 2. The third-order valence-corrected chi connectivity index (χ3v) is 3.68. The van der Waals surface area contributed by atoms with Crippen molar-refractivity contribution in [1.82, 2.24) is 0 Å². The highest BCUT2D eigenvalue weighted by Gasteiger charge is 2.31. The molecule has 0 bridgehead atoms. The fourth-order valence-corrected chi connectivity index (χ4v) is 2.54. The molecule has 3 rings (SSSR count). The van der Waals surface area contributed by atoms with E-state index in [2.05, 4.69) is 0 Å². The van der Waals surface area contributed by atoms with E-state index >= 15 is 0 Å². The zero-order valence-corrected chi connectivity index (χ0v) is 12.3. The first kappa shape index (κ1) is 14.3. The number of phenols is 1. The van der Waals surface area contributed by atoms with Crippen molar-refractivity contribution in [3.63, 3.8) is 0 Å². The summed E-state index contributed by atoms with van der Waals surface area (Å²) in [6.45, 7) is 0. The van der Waals surface area contributed by atoms with Gasteiger partial charge in [-0.1, -0.05) is 12.1 Å². The number of hydrogen-bond donors (Lipinski definition) is 1. The second-order valence-corrected chi connectivity index (χ2v) is 5.04. The Labute approximate surface area is 128 Å². The number of Topliss-reactive ketones (excluding diaryl/α,β-unsaturated/α-hetero) is 1. The Morgan fingerprint density at radius 3 is 2.50 bits per heavy atom. The summed E-state index contributed by atoms with van der Waals surface area (Å²) in [5.74, 6) is 1.85. The van der Waals surface area contributed by atoms with Gasteiger partial charge in [0.2, 0.25) is 0 Å². The Kier molecular flexibility index (Phi) is 3.63. The summed E-state index contributed by atoms with van der Waals surface area (Å²) in [5.41, 5.74) is 1.43. The van der Waals surface area contributed by atoms with Gasteiger partial charge in [-0.25, -0.2) is 0 Å². The molecule has 1 unspecified atom stereocenters. The van der Waals surface area contributed by atoms with E-state index in [1.807, 2.05) is 0 Å². The number of ketones is 1. The van der Waals surface area contributed by atoms with Gasteiger partial charge in [0, 0.05) is 29.7 Å². The van der Waals surface area contributed by atoms with Crippen LogP contribution in [0.3, 0.4) is 0 Å². The lowest BCUT2D eigenvalue weighted by molar-refractivity contribution is -0.126. The van der Waals surface area contributed by atoms with Crippen molar-refractivity contribution in [2.24, 2.45) is 0 Å². The molecular formula is C17H16O5. The molecular weight excluding hydrogens is 284 g/mol. The SMILES string of the molecule is COc1cc(OC)c2c(c1)OC(c1ccc(O)cc1)C(=O)C2. The molecule has 2 aromatic carbocycles. The molecule has 0 aromatic heterocycles. The molecule has 1 atom stereocenters. The van der Waals surface area contributed by atoms with Gasteiger partial charge in [0.25, 0.3) is 0 Å². The molecule has 0 aliphatic carbocycles. The smallest absolute Gasteiger partial charge is 0.182 e. The highest BCUT2D eigenvalue weighted by atomic mass is 16.5. The van der Waals surface area contributed by atoms with Crippen LogP contribution in [-0.4, -0.2) is 25.1 Å². The molecule has 22 heavy (non-hydrogen) atoms. The highest BCUT2D eigenvalue weighted by molar-refractivity contribution is 5.89. The van der Waals surface area contributed by atoms with Gasteiger partial charge in [0.05, 0.1) is 14.2 Å². The van der Waals surface area contributed by atoms with Crippen LogP contribution < -0.4 is 14.2 Å². The number of ether oxygens (including phenoxy) is 3. The van der Waals surface area contributed by atoms with Crippen molar-refractivity contribution < 1.29 is 24.1 Å². The summed E-state index contributed by atoms with van der Waals surface area (Å²) >= 11 is 0. The van der Waals surface area contributed by atoms with Crippen molar-refractivity contribution in [3.8, 4) is 23.0 Å². The Hall–Kier alpha value is -2.69. The third-order valence-electron chi connectivity index (χ3n) is 3.68. The summed E-state index contributed by atoms with van der Waals surface area (Å²) in [6, 6.07) is 9.91. The maximum absolute atomic E-state index is 12.4. The molecule has 1 aliphatic heterocycles. The highest BCUT2D eigenvalue weighted by Crippen LogP contribution is 2.41. The van der Waals surface area contributed by atoms with E-state index in [1.165, 1.54) is 12.1 Å². The number of benzene rings is 2. The molecule has 114 valence electrons. The van der Waals surface area contributed by atoms with Crippen LogP contribution >= 0.6 is 0 Å². The van der Waals surface area contributed by atoms with Crippen molar-refractivity contribution in [1.29, 1.82) is 0 Å². The van der Waals surface area contributed by atoms with Gasteiger partial charge in [-0.05, 0) is 12.1 Å². The lowest BCUT2D eigenvalue weighted by atomic mass is 9.95. The second-order valence-electron chi connectivity index (χ2n) is 5.04. The summed E-state index contributed by atoms with van der Waals surface area (Å²) < 4.78 is 16.4. The van der Waals surface area contributed by atoms with E-state index in [9.17, 15) is 9.90 Å². The van der Waals surface area contributed by atoms with Crippen LogP contribution in [0.2, 0.25) is 0 Å². The van der Waals surface area contributed by atoms with Crippen LogP contribution in [0.1, 0.15) is 17.2 Å². The van der Waals surface area contributed by atoms with Crippen LogP contribution in [0.4, 0.5) is 0 Å². The molecule has 0 fully saturated rings. The minimum absolute atomic E-state index is 0.0540. The molecule has 0 spiro atoms. The van der Waals surface area contributed by atoms with Gasteiger partial charge in [-0.2, -0.15) is 0 Å². The van der Waals surface area contributed by atoms with Crippen molar-refractivity contribution in [2.45, 2.75) is 12.5 Å². The number of phenolic OH excluding ortho intramolecular Hbond substituents is 1. The topological polar surface area (TPSA) is 65.0 Å². The van der Waals surface area contributed by atoms with E-state index in [0.29, 0.717) is 22.8 Å². The molecule has 0 amide bonds. The van der Waals surface area contributed by atoms with Crippen molar-refractivity contribution >= 4 is 5.78 Å². The van der Waals surface area contributed by atoms with Crippen molar-refractivity contribution in [3.05, 3.63) is 47.5 Å². The molecule has 5 heteroatoms. The average Bonchev–Trinajstić information content (AvgIpc) is 2.54. The fourth-order valence-electron chi connectivity index (χ4n) is 2.54. The lowest BCUT2D eigenvalue weighted by Crippen LogP contribution is -2.26. The summed E-state index contributed by atoms with van der Waals surface area (Å²) in [4.78, 5) is 12.4. The van der Waals surface area contributed by atoms with Gasteiger partial charge < -0.3 is 19.3 Å². The predicted molar refractivity (Wildman–Crippen MR) is 79.7 cm³/mol. The quantitative estimate of drug-likeness (QED) is 0.944. The van der Waals surface area contributed by atoms with E-state index in [4.69, 9.17) is 14.2 Å².